The van der Waals surface area contributed by atoms with Crippen LogP contribution in [0, 0.1) is 11.8 Å². The number of hydrogen-bond acceptors (Lipinski definition) is 2. The first-order valence-electron chi connectivity index (χ1n) is 4.58. The first-order chi connectivity index (χ1) is 5.45. The molecular formula is C9H22O2Si. The molecule has 3 heteroatoms. The van der Waals surface area contributed by atoms with Gasteiger partial charge in [0.2, 0.25) is 0 Å². The van der Waals surface area contributed by atoms with Crippen LogP contribution in [0.5, 0.6) is 0 Å². The van der Waals surface area contributed by atoms with Gasteiger partial charge in [0.15, 0.2) is 0 Å². The highest BCUT2D eigenvalue weighted by Crippen LogP contribution is 2.29. The summed E-state index contributed by atoms with van der Waals surface area (Å²) in [5.41, 5.74) is -0.0512. The Morgan fingerprint density at radius 3 is 1.83 bits per heavy atom. The molecule has 0 bridgehead atoms. The standard InChI is InChI=1S/C9H22O2Si/c1-7(2)9(5,8(3)4)10-6-11-12/h7-8H,6H2,1-5,12H3. The molecule has 0 aliphatic carbocycles. The normalized spacial score (nSPS) is 13.2. The molecule has 0 amide bonds. The number of ether oxygens (including phenoxy) is 1. The van der Waals surface area contributed by atoms with Crippen LogP contribution in [0.2, 0.25) is 0 Å². The van der Waals surface area contributed by atoms with Gasteiger partial charge in [0.25, 0.3) is 0 Å². The molecule has 0 fully saturated rings. The van der Waals surface area contributed by atoms with Crippen LogP contribution < -0.4 is 0 Å². The largest absolute Gasteiger partial charge is 0.406 e. The Bertz CT molecular complexity index is 116. The summed E-state index contributed by atoms with van der Waals surface area (Å²) < 4.78 is 10.8. The zero-order valence-electron chi connectivity index (χ0n) is 9.18. The van der Waals surface area contributed by atoms with Crippen LogP contribution in [-0.4, -0.2) is 22.9 Å². The van der Waals surface area contributed by atoms with Gasteiger partial charge in [-0.2, -0.15) is 0 Å². The second kappa shape index (κ2) is 4.99. The van der Waals surface area contributed by atoms with E-state index in [1.807, 2.05) is 0 Å². The minimum absolute atomic E-state index is 0.0512. The van der Waals surface area contributed by atoms with Crippen molar-refractivity contribution >= 4 is 10.5 Å². The second-order valence-electron chi connectivity index (χ2n) is 4.04. The van der Waals surface area contributed by atoms with Gasteiger partial charge in [-0.05, 0) is 18.8 Å². The Morgan fingerprint density at radius 2 is 1.58 bits per heavy atom. The molecule has 2 nitrogen and oxygen atoms in total. The molecule has 0 saturated heterocycles. The monoisotopic (exact) mass is 190 g/mol. The molecule has 12 heavy (non-hydrogen) atoms. The molecule has 0 rings (SSSR count). The van der Waals surface area contributed by atoms with Gasteiger partial charge in [0, 0.05) is 0 Å². The van der Waals surface area contributed by atoms with Crippen LogP contribution in [0.15, 0.2) is 0 Å². The van der Waals surface area contributed by atoms with E-state index in [0.717, 1.165) is 10.5 Å². The Labute approximate surface area is 79.2 Å². The van der Waals surface area contributed by atoms with Crippen molar-refractivity contribution in [3.63, 3.8) is 0 Å². The summed E-state index contributed by atoms with van der Waals surface area (Å²) >= 11 is 0. The van der Waals surface area contributed by atoms with Crippen molar-refractivity contribution in [2.75, 3.05) is 6.79 Å². The maximum atomic E-state index is 5.71. The molecule has 74 valence electrons. The molecule has 0 aromatic carbocycles. The Morgan fingerprint density at radius 1 is 1.17 bits per heavy atom. The fourth-order valence-corrected chi connectivity index (χ4v) is 1.30. The van der Waals surface area contributed by atoms with Crippen LogP contribution in [-0.2, 0) is 9.16 Å². The summed E-state index contributed by atoms with van der Waals surface area (Å²) in [5.74, 6) is 1.05. The first-order valence-corrected chi connectivity index (χ1v) is 5.39. The predicted octanol–water partition coefficient (Wildman–Crippen LogP) is 1.33. The smallest absolute Gasteiger partial charge is 0.149 e. The van der Waals surface area contributed by atoms with Crippen molar-refractivity contribution in [2.24, 2.45) is 11.8 Å². The molecule has 0 radical (unpaired) electrons. The van der Waals surface area contributed by atoms with E-state index in [-0.39, 0.29) is 5.60 Å². The van der Waals surface area contributed by atoms with Crippen molar-refractivity contribution < 1.29 is 9.16 Å². The molecule has 0 heterocycles. The van der Waals surface area contributed by atoms with E-state index in [1.165, 1.54) is 0 Å². The maximum absolute atomic E-state index is 5.71. The third-order valence-corrected chi connectivity index (χ3v) is 3.02. The van der Waals surface area contributed by atoms with Crippen molar-refractivity contribution in [1.82, 2.24) is 0 Å². The lowest BCUT2D eigenvalue weighted by Crippen LogP contribution is -2.40. The average molecular weight is 190 g/mol. The fraction of sp³-hybridized carbons (Fsp3) is 1.00. The van der Waals surface area contributed by atoms with Gasteiger partial charge < -0.3 is 9.16 Å². The molecular weight excluding hydrogens is 168 g/mol. The lowest BCUT2D eigenvalue weighted by atomic mass is 9.82. The summed E-state index contributed by atoms with van der Waals surface area (Å²) in [6.07, 6.45) is 0. The summed E-state index contributed by atoms with van der Waals surface area (Å²) in [7, 11) is 0.749. The Hall–Kier alpha value is 0.137. The average Bonchev–Trinajstić information content (AvgIpc) is 1.99. The van der Waals surface area contributed by atoms with Crippen molar-refractivity contribution in [2.45, 2.75) is 40.2 Å². The first kappa shape index (κ1) is 12.1. The van der Waals surface area contributed by atoms with Gasteiger partial charge >= 0.3 is 0 Å². The van der Waals surface area contributed by atoms with E-state index in [9.17, 15) is 0 Å². The van der Waals surface area contributed by atoms with Crippen molar-refractivity contribution in [1.29, 1.82) is 0 Å². The van der Waals surface area contributed by atoms with E-state index < -0.39 is 0 Å². The molecule has 0 aliphatic rings. The molecule has 0 aromatic rings. The van der Waals surface area contributed by atoms with E-state index in [1.54, 1.807) is 0 Å². The molecule has 0 N–H and O–H groups in total. The molecule has 0 aliphatic heterocycles. The molecule has 0 aromatic heterocycles. The molecule has 0 atom stereocenters. The third-order valence-electron chi connectivity index (χ3n) is 2.78. The summed E-state index contributed by atoms with van der Waals surface area (Å²) in [5, 5.41) is 0. The molecule has 0 spiro atoms. The van der Waals surface area contributed by atoms with Gasteiger partial charge in [-0.3, -0.25) is 0 Å². The fourth-order valence-electron chi connectivity index (χ4n) is 1.19. The Kier molecular flexibility index (Phi) is 5.05. The van der Waals surface area contributed by atoms with Gasteiger partial charge in [0.1, 0.15) is 17.3 Å². The molecule has 0 saturated carbocycles. The Balaban J connectivity index is 4.19. The highest BCUT2D eigenvalue weighted by molar-refractivity contribution is 5.97. The quantitative estimate of drug-likeness (QED) is 0.481. The summed E-state index contributed by atoms with van der Waals surface area (Å²) in [6, 6.07) is 0. The third kappa shape index (κ3) is 2.88. The summed E-state index contributed by atoms with van der Waals surface area (Å²) in [6.45, 7) is 11.3. The van der Waals surface area contributed by atoms with Gasteiger partial charge in [-0.1, -0.05) is 27.7 Å². The van der Waals surface area contributed by atoms with Crippen molar-refractivity contribution in [3.8, 4) is 0 Å². The minimum atomic E-state index is -0.0512. The van der Waals surface area contributed by atoms with Crippen LogP contribution in [0.25, 0.3) is 0 Å². The van der Waals surface area contributed by atoms with Crippen LogP contribution >= 0.6 is 0 Å². The van der Waals surface area contributed by atoms with Gasteiger partial charge in [-0.15, -0.1) is 0 Å². The maximum Gasteiger partial charge on any atom is 0.149 e. The van der Waals surface area contributed by atoms with Crippen LogP contribution in [0.1, 0.15) is 34.6 Å². The SMILES string of the molecule is CC(C)C(C)(OCO[SiH3])C(C)C. The second-order valence-corrected chi connectivity index (χ2v) is 4.62. The predicted molar refractivity (Wildman–Crippen MR) is 55.1 cm³/mol. The van der Waals surface area contributed by atoms with E-state index in [0.29, 0.717) is 18.6 Å². The van der Waals surface area contributed by atoms with E-state index in [2.05, 4.69) is 34.6 Å². The molecule has 0 unspecified atom stereocenters. The summed E-state index contributed by atoms with van der Waals surface area (Å²) in [4.78, 5) is 0. The number of hydrogen-bond donors (Lipinski definition) is 0. The lowest BCUT2D eigenvalue weighted by Gasteiger charge is -2.37. The topological polar surface area (TPSA) is 18.5 Å². The zero-order chi connectivity index (χ0) is 9.78. The van der Waals surface area contributed by atoms with E-state index in [4.69, 9.17) is 9.16 Å². The van der Waals surface area contributed by atoms with Crippen LogP contribution in [0.4, 0.5) is 0 Å². The minimum Gasteiger partial charge on any atom is -0.406 e. The van der Waals surface area contributed by atoms with E-state index >= 15 is 0 Å². The van der Waals surface area contributed by atoms with Crippen LogP contribution in [0.3, 0.4) is 0 Å². The van der Waals surface area contributed by atoms with Gasteiger partial charge in [0.05, 0.1) is 5.60 Å². The van der Waals surface area contributed by atoms with Crippen molar-refractivity contribution in [3.05, 3.63) is 0 Å². The number of rotatable bonds is 5. The highest BCUT2D eigenvalue weighted by Gasteiger charge is 2.32. The zero-order valence-corrected chi connectivity index (χ0v) is 11.2. The highest BCUT2D eigenvalue weighted by atomic mass is 28.2. The lowest BCUT2D eigenvalue weighted by molar-refractivity contribution is -0.142. The van der Waals surface area contributed by atoms with Gasteiger partial charge in [-0.25, -0.2) is 0 Å².